The van der Waals surface area contributed by atoms with Crippen LogP contribution in [0, 0.1) is 13.8 Å². The number of nitrogens with zero attached hydrogens (tertiary/aromatic N) is 1. The second kappa shape index (κ2) is 4.75. The summed E-state index contributed by atoms with van der Waals surface area (Å²) in [5, 5.41) is 18.7. The lowest BCUT2D eigenvalue weighted by Gasteiger charge is -2.13. The van der Waals surface area contributed by atoms with E-state index < -0.39 is 12.0 Å². The lowest BCUT2D eigenvalue weighted by molar-refractivity contribution is -0.139. The number of aliphatic carboxylic acids is 1. The van der Waals surface area contributed by atoms with E-state index in [-0.39, 0.29) is 0 Å². The van der Waals surface area contributed by atoms with Crippen LogP contribution in [0.5, 0.6) is 0 Å². The topological polar surface area (TPSA) is 78.0 Å². The van der Waals surface area contributed by atoms with E-state index in [1.165, 1.54) is 0 Å². The predicted molar refractivity (Wildman–Crippen MR) is 56.6 cm³/mol. The molecule has 1 aromatic rings. The van der Waals surface area contributed by atoms with E-state index in [2.05, 4.69) is 22.1 Å². The molecule has 0 aromatic carbocycles. The van der Waals surface area contributed by atoms with E-state index in [0.717, 1.165) is 5.69 Å². The monoisotopic (exact) mass is 209 g/mol. The first-order valence-electron chi connectivity index (χ1n) is 4.66. The number of hydrogen-bond donors (Lipinski definition) is 3. The molecule has 5 nitrogen and oxygen atoms in total. The maximum atomic E-state index is 11.1. The van der Waals surface area contributed by atoms with Gasteiger partial charge in [0.15, 0.2) is 0 Å². The molecule has 1 unspecified atom stereocenters. The summed E-state index contributed by atoms with van der Waals surface area (Å²) in [6, 6.07) is -0.734. The van der Waals surface area contributed by atoms with E-state index in [9.17, 15) is 4.79 Å². The summed E-state index contributed by atoms with van der Waals surface area (Å²) in [6.07, 6.45) is 1.63. The first-order chi connectivity index (χ1) is 7.07. The van der Waals surface area contributed by atoms with Crippen LogP contribution in [-0.4, -0.2) is 27.8 Å². The summed E-state index contributed by atoms with van der Waals surface area (Å²) in [7, 11) is 0. The van der Waals surface area contributed by atoms with Crippen LogP contribution in [0.4, 0.5) is 0 Å². The van der Waals surface area contributed by atoms with Gasteiger partial charge < -0.3 is 5.11 Å². The van der Waals surface area contributed by atoms with Crippen molar-refractivity contribution in [3.05, 3.63) is 29.6 Å². The van der Waals surface area contributed by atoms with Crippen molar-refractivity contribution in [2.45, 2.75) is 19.9 Å². The number of carboxylic acids is 1. The van der Waals surface area contributed by atoms with Crippen molar-refractivity contribution < 1.29 is 9.90 Å². The van der Waals surface area contributed by atoms with Gasteiger partial charge in [-0.1, -0.05) is 6.08 Å². The molecule has 1 aromatic heterocycles. The molecule has 5 heteroatoms. The average molecular weight is 209 g/mol. The third-order valence-corrected chi connectivity index (χ3v) is 2.19. The highest BCUT2D eigenvalue weighted by Crippen LogP contribution is 2.19. The molecule has 0 bridgehead atoms. The molecule has 0 aliphatic heterocycles. The normalized spacial score (nSPS) is 12.4. The van der Waals surface area contributed by atoms with Crippen molar-refractivity contribution in [2.75, 3.05) is 6.54 Å². The Hall–Kier alpha value is -1.62. The minimum atomic E-state index is -0.913. The maximum Gasteiger partial charge on any atom is 0.325 e. The summed E-state index contributed by atoms with van der Waals surface area (Å²) in [4.78, 5) is 11.1. The van der Waals surface area contributed by atoms with Gasteiger partial charge in [0.2, 0.25) is 0 Å². The average Bonchev–Trinajstić information content (AvgIpc) is 2.49. The van der Waals surface area contributed by atoms with Gasteiger partial charge in [-0.05, 0) is 13.8 Å². The van der Waals surface area contributed by atoms with Crippen LogP contribution in [0.25, 0.3) is 0 Å². The van der Waals surface area contributed by atoms with E-state index >= 15 is 0 Å². The molecule has 0 saturated heterocycles. The van der Waals surface area contributed by atoms with Gasteiger partial charge in [0.25, 0.3) is 0 Å². The number of H-pyrrole nitrogens is 1. The van der Waals surface area contributed by atoms with Crippen LogP contribution in [0.1, 0.15) is 23.0 Å². The van der Waals surface area contributed by atoms with Crippen LogP contribution in [0.15, 0.2) is 12.7 Å². The number of carbonyl (C=O) groups is 1. The third kappa shape index (κ3) is 2.44. The molecule has 1 rings (SSSR count). The zero-order valence-corrected chi connectivity index (χ0v) is 8.87. The Kier molecular flexibility index (Phi) is 3.62. The predicted octanol–water partition coefficient (Wildman–Crippen LogP) is 0.928. The van der Waals surface area contributed by atoms with Crippen molar-refractivity contribution >= 4 is 5.97 Å². The van der Waals surface area contributed by atoms with Crippen LogP contribution >= 0.6 is 0 Å². The lowest BCUT2D eigenvalue weighted by Crippen LogP contribution is -2.29. The summed E-state index contributed by atoms with van der Waals surface area (Å²) in [5.41, 5.74) is 2.18. The number of aryl methyl sites for hydroxylation is 2. The fourth-order valence-corrected chi connectivity index (χ4v) is 1.50. The largest absolute Gasteiger partial charge is 0.480 e. The molecule has 15 heavy (non-hydrogen) atoms. The van der Waals surface area contributed by atoms with Gasteiger partial charge in [0.05, 0.1) is 5.69 Å². The summed E-state index contributed by atoms with van der Waals surface area (Å²) < 4.78 is 0. The van der Waals surface area contributed by atoms with E-state index in [0.29, 0.717) is 17.8 Å². The fraction of sp³-hybridized carbons (Fsp3) is 0.400. The standard InChI is InChI=1S/C10H15N3O2/c1-4-5-11-9(10(14)15)8-6(2)12-13-7(8)3/h4,9,11H,1,5H2,2-3H3,(H,12,13)(H,14,15). The molecule has 0 saturated carbocycles. The maximum absolute atomic E-state index is 11.1. The molecule has 0 aliphatic rings. The Bertz CT molecular complexity index is 351. The quantitative estimate of drug-likeness (QED) is 0.630. The van der Waals surface area contributed by atoms with Gasteiger partial charge in [-0.2, -0.15) is 5.10 Å². The molecular weight excluding hydrogens is 194 g/mol. The van der Waals surface area contributed by atoms with Gasteiger partial charge in [0.1, 0.15) is 6.04 Å². The van der Waals surface area contributed by atoms with Crippen molar-refractivity contribution in [3.8, 4) is 0 Å². The van der Waals surface area contributed by atoms with Crippen LogP contribution < -0.4 is 5.32 Å². The van der Waals surface area contributed by atoms with Crippen molar-refractivity contribution in [3.63, 3.8) is 0 Å². The van der Waals surface area contributed by atoms with Crippen LogP contribution in [-0.2, 0) is 4.79 Å². The zero-order valence-electron chi connectivity index (χ0n) is 8.87. The highest BCUT2D eigenvalue weighted by atomic mass is 16.4. The summed E-state index contributed by atoms with van der Waals surface area (Å²) in [5.74, 6) is -0.913. The van der Waals surface area contributed by atoms with Gasteiger partial charge in [-0.25, -0.2) is 0 Å². The third-order valence-electron chi connectivity index (χ3n) is 2.19. The number of aromatic amines is 1. The van der Waals surface area contributed by atoms with Crippen LogP contribution in [0.3, 0.4) is 0 Å². The number of rotatable bonds is 5. The molecule has 1 atom stereocenters. The number of aromatic nitrogens is 2. The molecular formula is C10H15N3O2. The van der Waals surface area contributed by atoms with E-state index in [1.54, 1.807) is 19.9 Å². The lowest BCUT2D eigenvalue weighted by atomic mass is 10.1. The molecule has 0 amide bonds. The highest BCUT2D eigenvalue weighted by molar-refractivity contribution is 5.76. The molecule has 0 fully saturated rings. The minimum absolute atomic E-state index is 0.445. The van der Waals surface area contributed by atoms with Crippen molar-refractivity contribution in [1.82, 2.24) is 15.5 Å². The Morgan fingerprint density at radius 1 is 1.73 bits per heavy atom. The fourth-order valence-electron chi connectivity index (χ4n) is 1.50. The van der Waals surface area contributed by atoms with Gasteiger partial charge in [-0.3, -0.25) is 15.2 Å². The van der Waals surface area contributed by atoms with E-state index in [1.807, 2.05) is 0 Å². The second-order valence-corrected chi connectivity index (χ2v) is 3.32. The molecule has 3 N–H and O–H groups in total. The molecule has 82 valence electrons. The Morgan fingerprint density at radius 3 is 2.80 bits per heavy atom. The number of hydrogen-bond acceptors (Lipinski definition) is 3. The van der Waals surface area contributed by atoms with Crippen LogP contribution in [0.2, 0.25) is 0 Å². The van der Waals surface area contributed by atoms with Gasteiger partial charge in [0, 0.05) is 17.8 Å². The first-order valence-corrected chi connectivity index (χ1v) is 4.66. The Labute approximate surface area is 88.2 Å². The van der Waals surface area contributed by atoms with Crippen molar-refractivity contribution in [1.29, 1.82) is 0 Å². The first kappa shape index (κ1) is 11.5. The molecule has 0 radical (unpaired) electrons. The molecule has 0 aliphatic carbocycles. The Morgan fingerprint density at radius 2 is 2.40 bits per heavy atom. The second-order valence-electron chi connectivity index (χ2n) is 3.32. The van der Waals surface area contributed by atoms with Gasteiger partial charge >= 0.3 is 5.97 Å². The Balaban J connectivity index is 2.98. The van der Waals surface area contributed by atoms with E-state index in [4.69, 9.17) is 5.11 Å². The zero-order chi connectivity index (χ0) is 11.4. The summed E-state index contributed by atoms with van der Waals surface area (Å²) >= 11 is 0. The minimum Gasteiger partial charge on any atom is -0.480 e. The molecule has 0 spiro atoms. The van der Waals surface area contributed by atoms with Gasteiger partial charge in [-0.15, -0.1) is 6.58 Å². The molecule has 1 heterocycles. The summed E-state index contributed by atoms with van der Waals surface area (Å²) in [6.45, 7) is 7.57. The smallest absolute Gasteiger partial charge is 0.325 e. The highest BCUT2D eigenvalue weighted by Gasteiger charge is 2.24. The number of nitrogens with one attached hydrogen (secondary N) is 2. The SMILES string of the molecule is C=CCNC(C(=O)O)c1c(C)n[nH]c1C. The number of carboxylic acid groups (broad SMARTS) is 1. The van der Waals surface area contributed by atoms with Crippen molar-refractivity contribution in [2.24, 2.45) is 0 Å².